The molecule has 0 aliphatic carbocycles. The summed E-state index contributed by atoms with van der Waals surface area (Å²) in [5.74, 6) is 1.02. The van der Waals surface area contributed by atoms with Gasteiger partial charge in [-0.2, -0.15) is 0 Å². The third-order valence-electron chi connectivity index (χ3n) is 3.20. The van der Waals surface area contributed by atoms with Gasteiger partial charge in [0.2, 0.25) is 5.90 Å². The van der Waals surface area contributed by atoms with Crippen LogP contribution in [0, 0.1) is 10.1 Å². The first kappa shape index (κ1) is 13.5. The number of nitrogens with zero attached hydrogens (tertiary/aromatic N) is 2. The predicted molar refractivity (Wildman–Crippen MR) is 73.4 cm³/mol. The molecule has 1 heterocycles. The lowest BCUT2D eigenvalue weighted by molar-refractivity contribution is -0.384. The van der Waals surface area contributed by atoms with Crippen LogP contribution in [0.1, 0.15) is 25.8 Å². The second-order valence-corrected chi connectivity index (χ2v) is 4.64. The Morgan fingerprint density at radius 3 is 2.53 bits per heavy atom. The van der Waals surface area contributed by atoms with Crippen molar-refractivity contribution in [2.24, 2.45) is 4.99 Å². The van der Waals surface area contributed by atoms with Crippen molar-refractivity contribution in [3.05, 3.63) is 51.2 Å². The lowest BCUT2D eigenvalue weighted by atomic mass is 9.99. The molecule has 1 aliphatic heterocycles. The normalized spacial score (nSPS) is 24.2. The number of non-ortho nitro benzene ring substituents is 1. The molecule has 0 saturated heterocycles. The topological polar surface area (TPSA) is 64.7 Å². The number of nitro groups is 1. The fourth-order valence-electron chi connectivity index (χ4n) is 1.76. The van der Waals surface area contributed by atoms with Crippen LogP contribution in [0.3, 0.4) is 0 Å². The number of benzene rings is 1. The van der Waals surface area contributed by atoms with Gasteiger partial charge in [-0.25, -0.2) is 4.99 Å². The minimum atomic E-state index is -0.473. The van der Waals surface area contributed by atoms with Crippen LogP contribution in [0.15, 0.2) is 40.6 Å². The smallest absolute Gasteiger partial charge is 0.269 e. The zero-order chi connectivity index (χ0) is 14.0. The average Bonchev–Trinajstić information content (AvgIpc) is 2.77. The SMILES string of the molecule is CCC1(C)N=C(c2ccc([N+](=O)[O-])cc2)OC1=CCl. The lowest BCUT2D eigenvalue weighted by Gasteiger charge is -2.16. The predicted octanol–water partition coefficient (Wildman–Crippen LogP) is 3.62. The van der Waals surface area contributed by atoms with Crippen molar-refractivity contribution in [2.45, 2.75) is 25.8 Å². The van der Waals surface area contributed by atoms with E-state index < -0.39 is 10.5 Å². The molecule has 0 bridgehead atoms. The molecular weight excluding hydrogens is 268 g/mol. The van der Waals surface area contributed by atoms with Gasteiger partial charge in [0.15, 0.2) is 0 Å². The van der Waals surface area contributed by atoms with E-state index in [1.54, 1.807) is 12.1 Å². The number of halogens is 1. The highest BCUT2D eigenvalue weighted by atomic mass is 35.5. The number of nitro benzene ring substituents is 1. The molecule has 0 spiro atoms. The van der Waals surface area contributed by atoms with E-state index in [4.69, 9.17) is 16.3 Å². The van der Waals surface area contributed by atoms with Gasteiger partial charge < -0.3 is 4.74 Å². The Bertz CT molecular complexity index is 566. The monoisotopic (exact) mass is 280 g/mol. The van der Waals surface area contributed by atoms with Gasteiger partial charge >= 0.3 is 0 Å². The minimum absolute atomic E-state index is 0.0358. The van der Waals surface area contributed by atoms with E-state index in [9.17, 15) is 10.1 Å². The van der Waals surface area contributed by atoms with Crippen molar-refractivity contribution in [3.63, 3.8) is 0 Å². The van der Waals surface area contributed by atoms with Gasteiger partial charge in [-0.3, -0.25) is 10.1 Å². The third-order valence-corrected chi connectivity index (χ3v) is 3.40. The Morgan fingerprint density at radius 2 is 2.11 bits per heavy atom. The van der Waals surface area contributed by atoms with Crippen LogP contribution in [0.4, 0.5) is 5.69 Å². The highest BCUT2D eigenvalue weighted by molar-refractivity contribution is 6.26. The first-order valence-electron chi connectivity index (χ1n) is 5.83. The van der Waals surface area contributed by atoms with Gasteiger partial charge in [-0.1, -0.05) is 18.5 Å². The molecule has 1 aliphatic rings. The molecule has 0 fully saturated rings. The largest absolute Gasteiger partial charge is 0.440 e. The Labute approximate surface area is 115 Å². The van der Waals surface area contributed by atoms with Crippen molar-refractivity contribution in [2.75, 3.05) is 0 Å². The molecule has 0 N–H and O–H groups in total. The van der Waals surface area contributed by atoms with Gasteiger partial charge in [-0.15, -0.1) is 0 Å². The molecular formula is C13H13ClN2O3. The molecule has 0 radical (unpaired) electrons. The number of ether oxygens (including phenoxy) is 1. The molecule has 6 heteroatoms. The molecule has 1 unspecified atom stereocenters. The molecule has 1 atom stereocenters. The molecule has 0 amide bonds. The maximum atomic E-state index is 10.6. The Morgan fingerprint density at radius 1 is 1.47 bits per heavy atom. The van der Waals surface area contributed by atoms with Crippen LogP contribution >= 0.6 is 11.6 Å². The summed E-state index contributed by atoms with van der Waals surface area (Å²) >= 11 is 5.74. The first-order valence-corrected chi connectivity index (χ1v) is 6.27. The summed E-state index contributed by atoms with van der Waals surface area (Å²) in [6, 6.07) is 6.08. The number of rotatable bonds is 3. The fraction of sp³-hybridized carbons (Fsp3) is 0.308. The van der Waals surface area contributed by atoms with Gasteiger partial charge in [-0.05, 0) is 25.5 Å². The summed E-state index contributed by atoms with van der Waals surface area (Å²) in [6.07, 6.45) is 0.752. The van der Waals surface area contributed by atoms with E-state index in [1.165, 1.54) is 17.7 Å². The number of aliphatic imine (C=N–C) groups is 1. The van der Waals surface area contributed by atoms with Crippen LogP contribution in [0.25, 0.3) is 0 Å². The Kier molecular flexibility index (Phi) is 3.57. The number of hydrogen-bond donors (Lipinski definition) is 0. The van der Waals surface area contributed by atoms with E-state index in [2.05, 4.69) is 4.99 Å². The molecule has 0 aromatic heterocycles. The van der Waals surface area contributed by atoms with Crippen LogP contribution in [0.2, 0.25) is 0 Å². The second kappa shape index (κ2) is 5.01. The van der Waals surface area contributed by atoms with Gasteiger partial charge in [0.25, 0.3) is 5.69 Å². The van der Waals surface area contributed by atoms with Gasteiger partial charge in [0, 0.05) is 23.2 Å². The zero-order valence-corrected chi connectivity index (χ0v) is 11.3. The van der Waals surface area contributed by atoms with Gasteiger partial charge in [0.05, 0.1) is 4.92 Å². The molecule has 100 valence electrons. The zero-order valence-electron chi connectivity index (χ0n) is 10.6. The second-order valence-electron chi connectivity index (χ2n) is 4.42. The average molecular weight is 281 g/mol. The summed E-state index contributed by atoms with van der Waals surface area (Å²) in [5.41, 5.74) is 1.64. The van der Waals surface area contributed by atoms with Crippen molar-refractivity contribution >= 4 is 23.2 Å². The van der Waals surface area contributed by atoms with Crippen LogP contribution in [0.5, 0.6) is 0 Å². The molecule has 1 aromatic carbocycles. The van der Waals surface area contributed by atoms with Crippen molar-refractivity contribution in [1.82, 2.24) is 0 Å². The Hall–Kier alpha value is -1.88. The highest BCUT2D eigenvalue weighted by Gasteiger charge is 2.36. The standard InChI is InChI=1S/C13H13ClN2O3/c1-3-13(2)11(8-14)19-12(15-13)9-4-6-10(7-5-9)16(17)18/h4-8H,3H2,1-2H3. The maximum absolute atomic E-state index is 10.6. The minimum Gasteiger partial charge on any atom is -0.440 e. The summed E-state index contributed by atoms with van der Waals surface area (Å²) in [6.45, 7) is 3.92. The summed E-state index contributed by atoms with van der Waals surface area (Å²) in [5, 5.41) is 10.6. The van der Waals surface area contributed by atoms with Crippen LogP contribution in [-0.2, 0) is 4.74 Å². The molecule has 2 rings (SSSR count). The molecule has 1 aromatic rings. The molecule has 5 nitrogen and oxygen atoms in total. The van der Waals surface area contributed by atoms with E-state index in [0.717, 1.165) is 6.42 Å². The van der Waals surface area contributed by atoms with Crippen LogP contribution in [-0.4, -0.2) is 16.4 Å². The van der Waals surface area contributed by atoms with Crippen molar-refractivity contribution in [3.8, 4) is 0 Å². The van der Waals surface area contributed by atoms with E-state index >= 15 is 0 Å². The highest BCUT2D eigenvalue weighted by Crippen LogP contribution is 2.34. The molecule has 19 heavy (non-hydrogen) atoms. The Balaban J connectivity index is 2.33. The first-order chi connectivity index (χ1) is 9.00. The quantitative estimate of drug-likeness (QED) is 0.627. The fourth-order valence-corrected chi connectivity index (χ4v) is 2.04. The van der Waals surface area contributed by atoms with Crippen LogP contribution < -0.4 is 0 Å². The van der Waals surface area contributed by atoms with Crippen molar-refractivity contribution in [1.29, 1.82) is 0 Å². The molecule has 0 saturated carbocycles. The lowest BCUT2D eigenvalue weighted by Crippen LogP contribution is -2.19. The third kappa shape index (κ3) is 2.46. The summed E-state index contributed by atoms with van der Waals surface area (Å²) in [4.78, 5) is 14.7. The summed E-state index contributed by atoms with van der Waals surface area (Å²) in [7, 11) is 0. The van der Waals surface area contributed by atoms with Crippen molar-refractivity contribution < 1.29 is 9.66 Å². The summed E-state index contributed by atoms with van der Waals surface area (Å²) < 4.78 is 5.61. The number of hydrogen-bond acceptors (Lipinski definition) is 4. The van der Waals surface area contributed by atoms with E-state index in [1.807, 2.05) is 13.8 Å². The van der Waals surface area contributed by atoms with E-state index in [-0.39, 0.29) is 5.69 Å². The van der Waals surface area contributed by atoms with E-state index in [0.29, 0.717) is 17.2 Å². The van der Waals surface area contributed by atoms with Gasteiger partial charge in [0.1, 0.15) is 11.3 Å². The maximum Gasteiger partial charge on any atom is 0.269 e.